The number of aliphatic hydroxyl groups excluding tert-OH is 1. The first kappa shape index (κ1) is 13.8. The molecule has 0 amide bonds. The number of ether oxygens (including phenoxy) is 1. The Bertz CT molecular complexity index is 351. The van der Waals surface area contributed by atoms with Gasteiger partial charge in [-0.1, -0.05) is 6.92 Å². The summed E-state index contributed by atoms with van der Waals surface area (Å²) < 4.78 is 5.61. The van der Waals surface area contributed by atoms with Crippen molar-refractivity contribution >= 4 is 5.82 Å². The predicted octanol–water partition coefficient (Wildman–Crippen LogP) is 2.44. The van der Waals surface area contributed by atoms with Crippen LogP contribution in [0.15, 0.2) is 18.3 Å². The molecule has 0 saturated heterocycles. The lowest BCUT2D eigenvalue weighted by Crippen LogP contribution is -2.42. The fraction of sp³-hybridized carbons (Fsp3) is 0.615. The second-order valence-electron chi connectivity index (χ2n) is 4.72. The number of rotatable bonds is 6. The Labute approximate surface area is 103 Å². The number of hydrogen-bond donors (Lipinski definition) is 2. The van der Waals surface area contributed by atoms with Crippen LogP contribution in [0.5, 0.6) is 5.75 Å². The van der Waals surface area contributed by atoms with Crippen molar-refractivity contribution in [2.45, 2.75) is 45.8 Å². The van der Waals surface area contributed by atoms with Gasteiger partial charge < -0.3 is 15.2 Å². The highest BCUT2D eigenvalue weighted by Gasteiger charge is 2.25. The van der Waals surface area contributed by atoms with Gasteiger partial charge in [0.05, 0.1) is 18.2 Å². The van der Waals surface area contributed by atoms with Gasteiger partial charge in [-0.05, 0) is 39.3 Å². The molecule has 0 fully saturated rings. The van der Waals surface area contributed by atoms with E-state index in [9.17, 15) is 5.11 Å². The quantitative estimate of drug-likeness (QED) is 0.799. The van der Waals surface area contributed by atoms with E-state index in [0.717, 1.165) is 12.2 Å². The molecule has 17 heavy (non-hydrogen) atoms. The van der Waals surface area contributed by atoms with Crippen LogP contribution >= 0.6 is 0 Å². The van der Waals surface area contributed by atoms with Gasteiger partial charge in [-0.15, -0.1) is 0 Å². The van der Waals surface area contributed by atoms with Crippen molar-refractivity contribution in [1.29, 1.82) is 0 Å². The summed E-state index contributed by atoms with van der Waals surface area (Å²) in [6.07, 6.45) is 2.18. The summed E-state index contributed by atoms with van der Waals surface area (Å²) in [6.45, 7) is 8.33. The smallest absolute Gasteiger partial charge is 0.169 e. The molecule has 0 bridgehead atoms. The number of hydrogen-bond acceptors (Lipinski definition) is 4. The van der Waals surface area contributed by atoms with E-state index < -0.39 is 11.6 Å². The van der Waals surface area contributed by atoms with Gasteiger partial charge in [0.25, 0.3) is 0 Å². The molecule has 0 radical (unpaired) electrons. The van der Waals surface area contributed by atoms with Gasteiger partial charge in [-0.3, -0.25) is 0 Å². The number of anilines is 1. The van der Waals surface area contributed by atoms with E-state index in [0.29, 0.717) is 12.4 Å². The van der Waals surface area contributed by atoms with Crippen molar-refractivity contribution in [2.24, 2.45) is 0 Å². The summed E-state index contributed by atoms with van der Waals surface area (Å²) in [5.74, 6) is 1.40. The summed E-state index contributed by atoms with van der Waals surface area (Å²) in [5, 5.41) is 12.9. The number of aliphatic hydroxyl groups is 1. The first-order valence-electron chi connectivity index (χ1n) is 6.01. The van der Waals surface area contributed by atoms with Crippen LogP contribution in [-0.4, -0.2) is 28.3 Å². The van der Waals surface area contributed by atoms with Crippen LogP contribution in [-0.2, 0) is 0 Å². The van der Waals surface area contributed by atoms with Gasteiger partial charge in [0.1, 0.15) is 0 Å². The summed E-state index contributed by atoms with van der Waals surface area (Å²) >= 11 is 0. The maximum absolute atomic E-state index is 9.68. The van der Waals surface area contributed by atoms with E-state index in [1.54, 1.807) is 13.1 Å². The lowest BCUT2D eigenvalue weighted by atomic mass is 9.99. The van der Waals surface area contributed by atoms with Crippen molar-refractivity contribution in [2.75, 3.05) is 11.9 Å². The van der Waals surface area contributed by atoms with E-state index >= 15 is 0 Å². The van der Waals surface area contributed by atoms with Crippen LogP contribution in [0.3, 0.4) is 0 Å². The van der Waals surface area contributed by atoms with Gasteiger partial charge in [0.2, 0.25) is 0 Å². The molecular weight excluding hydrogens is 216 g/mol. The molecule has 4 nitrogen and oxygen atoms in total. The standard InChI is InChI=1S/C13H22N2O2/c1-5-9-17-11-7-6-8-14-12(11)15-13(3,4)10(2)16/h6-8,10,16H,5,9H2,1-4H3,(H,14,15). The summed E-state index contributed by atoms with van der Waals surface area (Å²) in [4.78, 5) is 4.25. The van der Waals surface area contributed by atoms with Crippen LogP contribution in [0.4, 0.5) is 5.82 Å². The molecule has 1 rings (SSSR count). The van der Waals surface area contributed by atoms with E-state index in [1.165, 1.54) is 0 Å². The minimum atomic E-state index is -0.483. The molecule has 0 aliphatic rings. The molecule has 2 N–H and O–H groups in total. The van der Waals surface area contributed by atoms with Crippen LogP contribution < -0.4 is 10.1 Å². The predicted molar refractivity (Wildman–Crippen MR) is 69.4 cm³/mol. The molecule has 1 atom stereocenters. The first-order valence-corrected chi connectivity index (χ1v) is 6.01. The molecule has 1 heterocycles. The summed E-state index contributed by atoms with van der Waals surface area (Å²) in [7, 11) is 0. The topological polar surface area (TPSA) is 54.4 Å². The number of aromatic nitrogens is 1. The fourth-order valence-corrected chi connectivity index (χ4v) is 1.22. The Hall–Kier alpha value is -1.29. The average molecular weight is 238 g/mol. The van der Waals surface area contributed by atoms with Crippen molar-refractivity contribution in [3.63, 3.8) is 0 Å². The zero-order valence-electron chi connectivity index (χ0n) is 11.0. The van der Waals surface area contributed by atoms with Crippen molar-refractivity contribution in [3.8, 4) is 5.75 Å². The van der Waals surface area contributed by atoms with Gasteiger partial charge in [-0.25, -0.2) is 4.98 Å². The highest BCUT2D eigenvalue weighted by molar-refractivity contribution is 5.51. The molecule has 1 aromatic rings. The SMILES string of the molecule is CCCOc1cccnc1NC(C)(C)C(C)O. The zero-order valence-corrected chi connectivity index (χ0v) is 11.0. The molecule has 96 valence electrons. The highest BCUT2D eigenvalue weighted by Crippen LogP contribution is 2.25. The van der Waals surface area contributed by atoms with Crippen molar-refractivity contribution < 1.29 is 9.84 Å². The normalized spacial score (nSPS) is 13.2. The number of pyridine rings is 1. The van der Waals surface area contributed by atoms with Gasteiger partial charge in [0, 0.05) is 6.20 Å². The fourth-order valence-electron chi connectivity index (χ4n) is 1.22. The largest absolute Gasteiger partial charge is 0.490 e. The Morgan fingerprint density at radius 3 is 2.82 bits per heavy atom. The van der Waals surface area contributed by atoms with E-state index in [4.69, 9.17) is 4.74 Å². The second-order valence-corrected chi connectivity index (χ2v) is 4.72. The molecule has 0 aromatic carbocycles. The molecular formula is C13H22N2O2. The average Bonchev–Trinajstić information content (AvgIpc) is 2.27. The maximum Gasteiger partial charge on any atom is 0.169 e. The monoisotopic (exact) mass is 238 g/mol. The molecule has 4 heteroatoms. The molecule has 1 unspecified atom stereocenters. The molecule has 1 aromatic heterocycles. The van der Waals surface area contributed by atoms with Crippen LogP contribution in [0, 0.1) is 0 Å². The lowest BCUT2D eigenvalue weighted by Gasteiger charge is -2.30. The van der Waals surface area contributed by atoms with Gasteiger partial charge >= 0.3 is 0 Å². The van der Waals surface area contributed by atoms with Crippen LogP contribution in [0.1, 0.15) is 34.1 Å². The zero-order chi connectivity index (χ0) is 12.9. The maximum atomic E-state index is 9.68. The number of nitrogens with zero attached hydrogens (tertiary/aromatic N) is 1. The minimum Gasteiger partial charge on any atom is -0.490 e. The highest BCUT2D eigenvalue weighted by atomic mass is 16.5. The van der Waals surface area contributed by atoms with Gasteiger partial charge in [0.15, 0.2) is 11.6 Å². The third-order valence-corrected chi connectivity index (χ3v) is 2.72. The second kappa shape index (κ2) is 5.87. The van der Waals surface area contributed by atoms with E-state index in [2.05, 4.69) is 17.2 Å². The van der Waals surface area contributed by atoms with Gasteiger partial charge in [-0.2, -0.15) is 0 Å². The Morgan fingerprint density at radius 1 is 1.53 bits per heavy atom. The Balaban J connectivity index is 2.83. The molecule has 0 aliphatic carbocycles. The van der Waals surface area contributed by atoms with Crippen LogP contribution in [0.2, 0.25) is 0 Å². The van der Waals surface area contributed by atoms with Crippen LogP contribution in [0.25, 0.3) is 0 Å². The third-order valence-electron chi connectivity index (χ3n) is 2.72. The Morgan fingerprint density at radius 2 is 2.24 bits per heavy atom. The Kier molecular flexibility index (Phi) is 4.75. The summed E-state index contributed by atoms with van der Waals surface area (Å²) in [5.41, 5.74) is -0.446. The van der Waals surface area contributed by atoms with E-state index in [1.807, 2.05) is 26.0 Å². The van der Waals surface area contributed by atoms with Crippen molar-refractivity contribution in [1.82, 2.24) is 4.98 Å². The first-order chi connectivity index (χ1) is 7.97. The number of nitrogens with one attached hydrogen (secondary N) is 1. The third kappa shape index (κ3) is 3.89. The minimum absolute atomic E-state index is 0.446. The summed E-state index contributed by atoms with van der Waals surface area (Å²) in [6, 6.07) is 3.72. The molecule has 0 saturated carbocycles. The molecule has 0 spiro atoms. The lowest BCUT2D eigenvalue weighted by molar-refractivity contribution is 0.132. The molecule has 0 aliphatic heterocycles. The van der Waals surface area contributed by atoms with Crippen molar-refractivity contribution in [3.05, 3.63) is 18.3 Å². The van der Waals surface area contributed by atoms with E-state index in [-0.39, 0.29) is 0 Å².